The van der Waals surface area contributed by atoms with E-state index in [1.165, 1.54) is 24.1 Å². The van der Waals surface area contributed by atoms with Crippen LogP contribution >= 0.6 is 0 Å². The Hall–Kier alpha value is -1.24. The second kappa shape index (κ2) is 7.16. The molecule has 1 unspecified atom stereocenters. The zero-order valence-corrected chi connectivity index (χ0v) is 11.6. The molecule has 1 rings (SSSR count). The van der Waals surface area contributed by atoms with Crippen LogP contribution in [0.15, 0.2) is 36.6 Å². The van der Waals surface area contributed by atoms with Crippen LogP contribution in [0.5, 0.6) is 0 Å². The Kier molecular flexibility index (Phi) is 5.82. The quantitative estimate of drug-likeness (QED) is 0.619. The van der Waals surface area contributed by atoms with E-state index >= 15 is 0 Å². The summed E-state index contributed by atoms with van der Waals surface area (Å²) in [6.07, 6.45) is 12.3. The molecule has 0 aromatic carbocycles. The number of hydrogen-bond donors (Lipinski definition) is 0. The van der Waals surface area contributed by atoms with Crippen molar-refractivity contribution in [2.45, 2.75) is 40.0 Å². The van der Waals surface area contributed by atoms with Crippen molar-refractivity contribution in [2.24, 2.45) is 13.0 Å². The van der Waals surface area contributed by atoms with Crippen LogP contribution in [0.1, 0.15) is 45.7 Å². The lowest BCUT2D eigenvalue weighted by atomic mass is 9.97. The molecule has 0 bridgehead atoms. The smallest absolute Gasteiger partial charge is 0.0436 e. The fourth-order valence-electron chi connectivity index (χ4n) is 1.91. The Morgan fingerprint density at radius 1 is 1.47 bits per heavy atom. The highest BCUT2D eigenvalue weighted by molar-refractivity contribution is 5.64. The van der Waals surface area contributed by atoms with E-state index in [-0.39, 0.29) is 0 Å². The highest BCUT2D eigenvalue weighted by atomic mass is 14.9. The van der Waals surface area contributed by atoms with Gasteiger partial charge in [0.15, 0.2) is 0 Å². The zero-order chi connectivity index (χ0) is 12.7. The molecule has 0 aliphatic heterocycles. The monoisotopic (exact) mass is 231 g/mol. The van der Waals surface area contributed by atoms with Gasteiger partial charge in [-0.2, -0.15) is 0 Å². The molecular weight excluding hydrogens is 206 g/mol. The molecule has 1 atom stereocenters. The Balaban J connectivity index is 2.79. The zero-order valence-electron chi connectivity index (χ0n) is 11.6. The fourth-order valence-corrected chi connectivity index (χ4v) is 1.91. The largest absolute Gasteiger partial charge is 0.351 e. The summed E-state index contributed by atoms with van der Waals surface area (Å²) in [5, 5.41) is 0. The van der Waals surface area contributed by atoms with Gasteiger partial charge in [-0.25, -0.2) is 0 Å². The summed E-state index contributed by atoms with van der Waals surface area (Å²) in [6, 6.07) is 4.31. The van der Waals surface area contributed by atoms with Crippen LogP contribution in [-0.4, -0.2) is 4.57 Å². The number of allylic oxidation sites excluding steroid dienone is 4. The van der Waals surface area contributed by atoms with Gasteiger partial charge in [0.1, 0.15) is 0 Å². The third-order valence-corrected chi connectivity index (χ3v) is 3.37. The van der Waals surface area contributed by atoms with Crippen molar-refractivity contribution < 1.29 is 0 Å². The second-order valence-corrected chi connectivity index (χ2v) is 4.77. The fraction of sp³-hybridized carbons (Fsp3) is 0.500. The molecule has 0 N–H and O–H groups in total. The first-order valence-electron chi connectivity index (χ1n) is 6.62. The third kappa shape index (κ3) is 4.26. The van der Waals surface area contributed by atoms with Gasteiger partial charge >= 0.3 is 0 Å². The number of aromatic nitrogens is 1. The minimum Gasteiger partial charge on any atom is -0.351 e. The van der Waals surface area contributed by atoms with Crippen LogP contribution in [0, 0.1) is 5.92 Å². The summed E-state index contributed by atoms with van der Waals surface area (Å²) in [4.78, 5) is 0. The first-order valence-corrected chi connectivity index (χ1v) is 6.62. The molecule has 0 aliphatic carbocycles. The van der Waals surface area contributed by atoms with Gasteiger partial charge in [0.2, 0.25) is 0 Å². The summed E-state index contributed by atoms with van der Waals surface area (Å²) in [7, 11) is 2.11. The second-order valence-electron chi connectivity index (χ2n) is 4.77. The van der Waals surface area contributed by atoms with Crippen LogP contribution in [0.25, 0.3) is 5.57 Å². The molecule has 0 fully saturated rings. The molecule has 1 nitrogen and oxygen atoms in total. The van der Waals surface area contributed by atoms with Crippen LogP contribution in [-0.2, 0) is 7.05 Å². The number of hydrogen-bond acceptors (Lipinski definition) is 0. The maximum atomic E-state index is 2.33. The third-order valence-electron chi connectivity index (χ3n) is 3.37. The van der Waals surface area contributed by atoms with Crippen molar-refractivity contribution >= 4 is 5.57 Å². The molecule has 0 radical (unpaired) electrons. The van der Waals surface area contributed by atoms with Crippen molar-refractivity contribution in [3.63, 3.8) is 0 Å². The SMILES string of the molecule is C/C=C\C=C(/CCC(C)CC)c1cccn1C. The van der Waals surface area contributed by atoms with Crippen LogP contribution in [0.2, 0.25) is 0 Å². The maximum absolute atomic E-state index is 2.33. The summed E-state index contributed by atoms with van der Waals surface area (Å²) >= 11 is 0. The topological polar surface area (TPSA) is 4.93 Å². The lowest BCUT2D eigenvalue weighted by molar-refractivity contribution is 0.524. The number of nitrogens with zero attached hydrogens (tertiary/aromatic N) is 1. The van der Waals surface area contributed by atoms with Crippen LogP contribution < -0.4 is 0 Å². The standard InChI is InChI=1S/C16H25N/c1-5-7-9-15(12-11-14(3)6-2)16-10-8-13-17(16)4/h5,7-10,13-14H,6,11-12H2,1-4H3/b7-5-,15-9+. The molecule has 94 valence electrons. The molecular formula is C16H25N. The van der Waals surface area contributed by atoms with E-state index in [0.717, 1.165) is 12.3 Å². The molecule has 0 amide bonds. The average molecular weight is 231 g/mol. The highest BCUT2D eigenvalue weighted by Gasteiger charge is 2.06. The van der Waals surface area contributed by atoms with Gasteiger partial charge < -0.3 is 4.57 Å². The Morgan fingerprint density at radius 2 is 2.24 bits per heavy atom. The molecule has 1 heteroatoms. The minimum atomic E-state index is 0.810. The van der Waals surface area contributed by atoms with E-state index in [4.69, 9.17) is 0 Å². The van der Waals surface area contributed by atoms with Crippen molar-refractivity contribution in [1.29, 1.82) is 0 Å². The summed E-state index contributed by atoms with van der Waals surface area (Å²) < 4.78 is 2.20. The van der Waals surface area contributed by atoms with Gasteiger partial charge in [-0.1, -0.05) is 38.5 Å². The maximum Gasteiger partial charge on any atom is 0.0436 e. The van der Waals surface area contributed by atoms with Gasteiger partial charge in [0.05, 0.1) is 0 Å². The van der Waals surface area contributed by atoms with E-state index in [2.05, 4.69) is 68.9 Å². The van der Waals surface area contributed by atoms with E-state index in [1.54, 1.807) is 0 Å². The van der Waals surface area contributed by atoms with Gasteiger partial charge in [0.25, 0.3) is 0 Å². The molecule has 1 aromatic heterocycles. The van der Waals surface area contributed by atoms with Crippen LogP contribution in [0.3, 0.4) is 0 Å². The first kappa shape index (κ1) is 13.8. The van der Waals surface area contributed by atoms with Gasteiger partial charge in [-0.3, -0.25) is 0 Å². The molecule has 1 aromatic rings. The first-order chi connectivity index (χ1) is 8.19. The van der Waals surface area contributed by atoms with E-state index < -0.39 is 0 Å². The minimum absolute atomic E-state index is 0.810. The number of rotatable bonds is 6. The Morgan fingerprint density at radius 3 is 2.76 bits per heavy atom. The molecule has 0 spiro atoms. The Labute approximate surface area is 106 Å². The van der Waals surface area contributed by atoms with E-state index in [9.17, 15) is 0 Å². The van der Waals surface area contributed by atoms with E-state index in [0.29, 0.717) is 0 Å². The van der Waals surface area contributed by atoms with E-state index in [1.807, 2.05) is 0 Å². The van der Waals surface area contributed by atoms with Crippen molar-refractivity contribution in [3.05, 3.63) is 42.3 Å². The predicted molar refractivity (Wildman–Crippen MR) is 76.9 cm³/mol. The number of aryl methyl sites for hydroxylation is 1. The predicted octanol–water partition coefficient (Wildman–Crippen LogP) is 4.81. The highest BCUT2D eigenvalue weighted by Crippen LogP contribution is 2.23. The average Bonchev–Trinajstić information content (AvgIpc) is 2.75. The summed E-state index contributed by atoms with van der Waals surface area (Å²) in [5.41, 5.74) is 2.78. The molecule has 0 aliphatic rings. The van der Waals surface area contributed by atoms with Gasteiger partial charge in [-0.15, -0.1) is 0 Å². The molecule has 0 saturated carbocycles. The molecule has 0 saturated heterocycles. The Bertz CT molecular complexity index is 382. The van der Waals surface area contributed by atoms with Crippen molar-refractivity contribution in [3.8, 4) is 0 Å². The lowest BCUT2D eigenvalue weighted by Crippen LogP contribution is -1.98. The summed E-state index contributed by atoms with van der Waals surface area (Å²) in [6.45, 7) is 6.66. The molecule has 17 heavy (non-hydrogen) atoms. The van der Waals surface area contributed by atoms with Gasteiger partial charge in [-0.05, 0) is 43.4 Å². The van der Waals surface area contributed by atoms with Crippen molar-refractivity contribution in [1.82, 2.24) is 4.57 Å². The van der Waals surface area contributed by atoms with Crippen molar-refractivity contribution in [2.75, 3.05) is 0 Å². The van der Waals surface area contributed by atoms with Crippen LogP contribution in [0.4, 0.5) is 0 Å². The summed E-state index contributed by atoms with van der Waals surface area (Å²) in [5.74, 6) is 0.810. The molecule has 1 heterocycles. The van der Waals surface area contributed by atoms with Gasteiger partial charge in [0, 0.05) is 18.9 Å². The lowest BCUT2D eigenvalue weighted by Gasteiger charge is -2.12. The normalized spacial score (nSPS) is 14.5.